The van der Waals surface area contributed by atoms with Crippen molar-refractivity contribution >= 4 is 14.4 Å². The van der Waals surface area contributed by atoms with Gasteiger partial charge in [-0.1, -0.05) is 6.92 Å². The highest BCUT2D eigenvalue weighted by atomic mass is 28.4. The molecular formula is C8H17FO2Si. The van der Waals surface area contributed by atoms with Crippen molar-refractivity contribution in [3.63, 3.8) is 0 Å². The summed E-state index contributed by atoms with van der Waals surface area (Å²) < 4.78 is 18.0. The number of hydrogen-bond acceptors (Lipinski definition) is 2. The molecular weight excluding hydrogens is 175 g/mol. The minimum atomic E-state index is -2.52. The van der Waals surface area contributed by atoms with Crippen LogP contribution in [0.2, 0.25) is 18.6 Å². The zero-order chi connectivity index (χ0) is 9.78. The number of carbonyl (C=O) groups excluding carboxylic acids is 1. The molecule has 0 amide bonds. The van der Waals surface area contributed by atoms with Crippen molar-refractivity contribution in [1.29, 1.82) is 0 Å². The molecule has 0 fully saturated rings. The summed E-state index contributed by atoms with van der Waals surface area (Å²) in [6.07, 6.45) is 0.634. The Bertz CT molecular complexity index is 154. The lowest BCUT2D eigenvalue weighted by atomic mass is 10.3. The van der Waals surface area contributed by atoms with Crippen LogP contribution in [-0.2, 0) is 9.53 Å². The van der Waals surface area contributed by atoms with Crippen LogP contribution >= 0.6 is 0 Å². The first-order valence-electron chi connectivity index (χ1n) is 4.16. The predicted octanol–water partition coefficient (Wildman–Crippen LogP) is 2.50. The highest BCUT2D eigenvalue weighted by molar-refractivity contribution is 6.71. The molecule has 0 rings (SSSR count). The summed E-state index contributed by atoms with van der Waals surface area (Å²) in [7, 11) is -2.52. The van der Waals surface area contributed by atoms with Gasteiger partial charge >= 0.3 is 5.97 Å². The maximum absolute atomic E-state index is 13.3. The van der Waals surface area contributed by atoms with Gasteiger partial charge in [0.05, 0.1) is 6.61 Å². The van der Waals surface area contributed by atoms with Gasteiger partial charge in [-0.3, -0.25) is 4.79 Å². The number of carbonyl (C=O) groups is 1. The molecule has 0 saturated carbocycles. The van der Waals surface area contributed by atoms with Crippen molar-refractivity contribution in [1.82, 2.24) is 0 Å². The summed E-state index contributed by atoms with van der Waals surface area (Å²) in [5.74, 6) is -0.291. The molecule has 1 unspecified atom stereocenters. The number of esters is 1. The fourth-order valence-corrected chi connectivity index (χ4v) is 1.53. The van der Waals surface area contributed by atoms with Crippen molar-refractivity contribution in [3.8, 4) is 0 Å². The van der Waals surface area contributed by atoms with Crippen LogP contribution in [0.15, 0.2) is 0 Å². The van der Waals surface area contributed by atoms with Crippen LogP contribution in [0.1, 0.15) is 20.3 Å². The summed E-state index contributed by atoms with van der Waals surface area (Å²) in [4.78, 5) is 10.4. The largest absolute Gasteiger partial charge is 0.466 e. The van der Waals surface area contributed by atoms with Gasteiger partial charge in [0.1, 0.15) is 0 Å². The fourth-order valence-electron chi connectivity index (χ4n) is 0.723. The molecule has 2 nitrogen and oxygen atoms in total. The van der Waals surface area contributed by atoms with E-state index in [2.05, 4.69) is 0 Å². The molecule has 72 valence electrons. The second-order valence-electron chi connectivity index (χ2n) is 3.59. The number of hydrogen-bond donors (Lipinski definition) is 0. The van der Waals surface area contributed by atoms with Crippen molar-refractivity contribution in [2.75, 3.05) is 6.61 Å². The number of halogens is 1. The van der Waals surface area contributed by atoms with Crippen LogP contribution < -0.4 is 0 Å². The first kappa shape index (κ1) is 11.6. The first-order valence-corrected chi connectivity index (χ1v) is 7.12. The standard InChI is InChI=1S/C8H17FO2Si/c1-7(12(3,4)9)5-6-11-8(2)10/h7H,5-6H2,1-4H3. The lowest BCUT2D eigenvalue weighted by Crippen LogP contribution is -2.25. The highest BCUT2D eigenvalue weighted by Gasteiger charge is 2.28. The van der Waals surface area contributed by atoms with E-state index in [-0.39, 0.29) is 11.5 Å². The van der Waals surface area contributed by atoms with Crippen LogP contribution in [0.3, 0.4) is 0 Å². The van der Waals surface area contributed by atoms with E-state index in [1.54, 1.807) is 13.1 Å². The van der Waals surface area contributed by atoms with Gasteiger partial charge < -0.3 is 8.84 Å². The van der Waals surface area contributed by atoms with Gasteiger partial charge in [-0.05, 0) is 25.1 Å². The summed E-state index contributed by atoms with van der Waals surface area (Å²) in [5.41, 5.74) is 0.0526. The molecule has 0 aliphatic heterocycles. The average molecular weight is 192 g/mol. The van der Waals surface area contributed by atoms with E-state index in [9.17, 15) is 8.90 Å². The molecule has 0 bridgehead atoms. The maximum Gasteiger partial charge on any atom is 0.302 e. The summed E-state index contributed by atoms with van der Waals surface area (Å²) >= 11 is 0. The molecule has 0 saturated heterocycles. The van der Waals surface area contributed by atoms with Crippen molar-refractivity contribution in [3.05, 3.63) is 0 Å². The SMILES string of the molecule is CC(=O)OCCC(C)[Si](C)(C)F. The van der Waals surface area contributed by atoms with E-state index in [4.69, 9.17) is 4.74 Å². The molecule has 0 aromatic rings. The number of rotatable bonds is 4. The zero-order valence-electron chi connectivity index (χ0n) is 8.19. The summed E-state index contributed by atoms with van der Waals surface area (Å²) in [6, 6.07) is 0. The maximum atomic E-state index is 13.3. The molecule has 0 aliphatic carbocycles. The summed E-state index contributed by atoms with van der Waals surface area (Å²) in [6.45, 7) is 6.92. The Morgan fingerprint density at radius 3 is 2.42 bits per heavy atom. The Kier molecular flexibility index (Phi) is 4.45. The van der Waals surface area contributed by atoms with Crippen molar-refractivity contribution in [2.24, 2.45) is 0 Å². The third-order valence-electron chi connectivity index (χ3n) is 2.03. The molecule has 1 atom stereocenters. The Balaban J connectivity index is 3.58. The van der Waals surface area contributed by atoms with Crippen LogP contribution in [0, 0.1) is 0 Å². The van der Waals surface area contributed by atoms with E-state index in [0.717, 1.165) is 0 Å². The van der Waals surface area contributed by atoms with Gasteiger partial charge in [0, 0.05) is 6.92 Å². The second kappa shape index (κ2) is 4.60. The monoisotopic (exact) mass is 192 g/mol. The summed E-state index contributed by atoms with van der Waals surface area (Å²) in [5, 5.41) is 0. The molecule has 0 aromatic heterocycles. The van der Waals surface area contributed by atoms with Gasteiger partial charge in [0.25, 0.3) is 0 Å². The van der Waals surface area contributed by atoms with Crippen LogP contribution in [0.4, 0.5) is 4.11 Å². The van der Waals surface area contributed by atoms with Gasteiger partial charge in [-0.15, -0.1) is 0 Å². The van der Waals surface area contributed by atoms with Crippen molar-refractivity contribution in [2.45, 2.75) is 38.9 Å². The van der Waals surface area contributed by atoms with Gasteiger partial charge in [0.2, 0.25) is 8.41 Å². The van der Waals surface area contributed by atoms with E-state index in [0.29, 0.717) is 13.0 Å². The fraction of sp³-hybridized carbons (Fsp3) is 0.875. The third kappa shape index (κ3) is 5.29. The smallest absolute Gasteiger partial charge is 0.302 e. The molecule has 12 heavy (non-hydrogen) atoms. The van der Waals surface area contributed by atoms with E-state index in [1.807, 2.05) is 6.92 Å². The minimum Gasteiger partial charge on any atom is -0.466 e. The third-order valence-corrected chi connectivity index (χ3v) is 4.66. The normalized spacial score (nSPS) is 14.1. The average Bonchev–Trinajstić information content (AvgIpc) is 1.84. The Labute approximate surface area is 74.3 Å². The molecule has 0 radical (unpaired) electrons. The predicted molar refractivity (Wildman–Crippen MR) is 49.3 cm³/mol. The highest BCUT2D eigenvalue weighted by Crippen LogP contribution is 2.25. The molecule has 0 aliphatic rings. The topological polar surface area (TPSA) is 26.3 Å². The quantitative estimate of drug-likeness (QED) is 0.388. The Morgan fingerprint density at radius 1 is 1.58 bits per heavy atom. The molecule has 0 spiro atoms. The van der Waals surface area contributed by atoms with Gasteiger partial charge in [-0.25, -0.2) is 0 Å². The molecule has 0 aromatic carbocycles. The first-order chi connectivity index (χ1) is 5.34. The van der Waals surface area contributed by atoms with E-state index in [1.165, 1.54) is 6.92 Å². The van der Waals surface area contributed by atoms with Crippen LogP contribution in [-0.4, -0.2) is 21.0 Å². The molecule has 0 heterocycles. The van der Waals surface area contributed by atoms with Gasteiger partial charge in [0.15, 0.2) is 0 Å². The van der Waals surface area contributed by atoms with Gasteiger partial charge in [-0.2, -0.15) is 0 Å². The van der Waals surface area contributed by atoms with E-state index < -0.39 is 8.41 Å². The lowest BCUT2D eigenvalue weighted by Gasteiger charge is -2.19. The second-order valence-corrected chi connectivity index (χ2v) is 7.71. The zero-order valence-corrected chi connectivity index (χ0v) is 9.19. The van der Waals surface area contributed by atoms with Crippen LogP contribution in [0.25, 0.3) is 0 Å². The van der Waals surface area contributed by atoms with Crippen LogP contribution in [0.5, 0.6) is 0 Å². The lowest BCUT2D eigenvalue weighted by molar-refractivity contribution is -0.141. The van der Waals surface area contributed by atoms with E-state index >= 15 is 0 Å². The Morgan fingerprint density at radius 2 is 2.08 bits per heavy atom. The molecule has 4 heteroatoms. The van der Waals surface area contributed by atoms with Crippen molar-refractivity contribution < 1.29 is 13.6 Å². The minimum absolute atomic E-state index is 0.0526. The number of ether oxygens (including phenoxy) is 1. The molecule has 0 N–H and O–H groups in total. The Hall–Kier alpha value is -0.383.